The summed E-state index contributed by atoms with van der Waals surface area (Å²) in [6.07, 6.45) is 0. The molecule has 0 aliphatic carbocycles. The van der Waals surface area contributed by atoms with Crippen molar-refractivity contribution >= 4 is 11.0 Å². The van der Waals surface area contributed by atoms with Crippen LogP contribution in [-0.4, -0.2) is 31.1 Å². The van der Waals surface area contributed by atoms with Crippen LogP contribution in [0.25, 0.3) is 22.3 Å². The Kier molecular flexibility index (Phi) is 6.02. The maximum atomic E-state index is 13.7. The highest BCUT2D eigenvalue weighted by atomic mass is 19.1. The van der Waals surface area contributed by atoms with Crippen LogP contribution in [-0.2, 0) is 4.84 Å². The van der Waals surface area contributed by atoms with Crippen LogP contribution in [0.15, 0.2) is 64.2 Å². The fourth-order valence-electron chi connectivity index (χ4n) is 2.79. The van der Waals surface area contributed by atoms with Crippen molar-refractivity contribution in [3.63, 3.8) is 0 Å². The van der Waals surface area contributed by atoms with E-state index in [2.05, 4.69) is 23.9 Å². The average molecular weight is 354 g/mol. The zero-order chi connectivity index (χ0) is 18.4. The molecule has 3 aromatic rings. The zero-order valence-corrected chi connectivity index (χ0v) is 15.1. The largest absolute Gasteiger partial charge is 0.456 e. The molecular formula is C21H23FN2O2. The van der Waals surface area contributed by atoms with Gasteiger partial charge in [-0.3, -0.25) is 0 Å². The third kappa shape index (κ3) is 4.29. The van der Waals surface area contributed by atoms with Gasteiger partial charge in [-0.25, -0.2) is 4.39 Å². The molecular weight excluding hydrogens is 331 g/mol. The molecule has 1 heterocycles. The van der Waals surface area contributed by atoms with Gasteiger partial charge in [-0.1, -0.05) is 49.3 Å². The lowest BCUT2D eigenvalue weighted by atomic mass is 10.1. The summed E-state index contributed by atoms with van der Waals surface area (Å²) >= 11 is 0. The van der Waals surface area contributed by atoms with Gasteiger partial charge in [0.1, 0.15) is 29.1 Å². The molecule has 0 N–H and O–H groups in total. The van der Waals surface area contributed by atoms with Gasteiger partial charge in [-0.05, 0) is 31.3 Å². The molecule has 26 heavy (non-hydrogen) atoms. The van der Waals surface area contributed by atoms with E-state index in [9.17, 15) is 4.39 Å². The number of benzene rings is 2. The molecule has 0 fully saturated rings. The maximum absolute atomic E-state index is 13.7. The first-order valence-electron chi connectivity index (χ1n) is 8.88. The number of halogens is 1. The fourth-order valence-corrected chi connectivity index (χ4v) is 2.79. The molecule has 0 radical (unpaired) electrons. The van der Waals surface area contributed by atoms with E-state index in [1.165, 1.54) is 12.1 Å². The molecule has 0 atom stereocenters. The molecule has 0 bridgehead atoms. The van der Waals surface area contributed by atoms with Gasteiger partial charge in [0.25, 0.3) is 0 Å². The minimum absolute atomic E-state index is 0.334. The SMILES string of the molecule is CCN(CC)CCO/N=c1\cc(-c2ccccc2)oc2ccc(F)cc12. The predicted octanol–water partition coefficient (Wildman–Crippen LogP) is 4.41. The van der Waals surface area contributed by atoms with E-state index < -0.39 is 0 Å². The highest BCUT2D eigenvalue weighted by Gasteiger charge is 2.07. The zero-order valence-electron chi connectivity index (χ0n) is 15.1. The van der Waals surface area contributed by atoms with E-state index in [0.29, 0.717) is 28.7 Å². The number of nitrogens with zero attached hydrogens (tertiary/aromatic N) is 2. The summed E-state index contributed by atoms with van der Waals surface area (Å²) in [7, 11) is 0. The standard InChI is InChI=1S/C21H23FN2O2/c1-3-24(4-2)12-13-25-23-19-15-21(16-8-6-5-7-9-16)26-20-11-10-17(22)14-18(19)20/h5-11,14-15H,3-4,12-13H2,1-2H3/b23-19+. The highest BCUT2D eigenvalue weighted by molar-refractivity contribution is 5.78. The van der Waals surface area contributed by atoms with Crippen molar-refractivity contribution in [3.05, 3.63) is 65.8 Å². The first kappa shape index (κ1) is 18.1. The quantitative estimate of drug-likeness (QED) is 0.466. The van der Waals surface area contributed by atoms with Crippen LogP contribution < -0.4 is 5.36 Å². The van der Waals surface area contributed by atoms with Crippen LogP contribution >= 0.6 is 0 Å². The van der Waals surface area contributed by atoms with E-state index in [1.54, 1.807) is 12.1 Å². The maximum Gasteiger partial charge on any atom is 0.137 e. The molecule has 0 amide bonds. The van der Waals surface area contributed by atoms with E-state index in [4.69, 9.17) is 9.25 Å². The second-order valence-electron chi connectivity index (χ2n) is 5.95. The van der Waals surface area contributed by atoms with Crippen LogP contribution in [0.4, 0.5) is 4.39 Å². The molecule has 3 rings (SSSR count). The van der Waals surface area contributed by atoms with Crippen molar-refractivity contribution in [3.8, 4) is 11.3 Å². The normalized spacial score (nSPS) is 12.1. The second-order valence-corrected chi connectivity index (χ2v) is 5.95. The number of hydrogen-bond acceptors (Lipinski definition) is 4. The summed E-state index contributed by atoms with van der Waals surface area (Å²) in [4.78, 5) is 7.76. The van der Waals surface area contributed by atoms with Crippen LogP contribution in [0.5, 0.6) is 0 Å². The average Bonchev–Trinajstić information content (AvgIpc) is 2.68. The highest BCUT2D eigenvalue weighted by Crippen LogP contribution is 2.22. The van der Waals surface area contributed by atoms with Crippen LogP contribution in [0, 0.1) is 5.82 Å². The van der Waals surface area contributed by atoms with Gasteiger partial charge in [0.15, 0.2) is 0 Å². The Labute approximate surface area is 152 Å². The van der Waals surface area contributed by atoms with Gasteiger partial charge in [0.05, 0.1) is 0 Å². The van der Waals surface area contributed by atoms with Crippen molar-refractivity contribution in [2.45, 2.75) is 13.8 Å². The molecule has 2 aromatic carbocycles. The fraction of sp³-hybridized carbons (Fsp3) is 0.286. The van der Waals surface area contributed by atoms with Crippen molar-refractivity contribution in [2.75, 3.05) is 26.2 Å². The first-order valence-corrected chi connectivity index (χ1v) is 8.88. The number of fused-ring (bicyclic) bond motifs is 1. The van der Waals surface area contributed by atoms with E-state index in [1.807, 2.05) is 30.3 Å². The molecule has 0 aliphatic rings. The lowest BCUT2D eigenvalue weighted by molar-refractivity contribution is 0.106. The Hall–Kier alpha value is -2.66. The summed E-state index contributed by atoms with van der Waals surface area (Å²) < 4.78 is 19.6. The summed E-state index contributed by atoms with van der Waals surface area (Å²) in [6, 6.07) is 15.9. The Morgan fingerprint density at radius 3 is 2.54 bits per heavy atom. The molecule has 0 unspecified atom stereocenters. The third-order valence-corrected chi connectivity index (χ3v) is 4.32. The molecule has 0 saturated heterocycles. The number of hydrogen-bond donors (Lipinski definition) is 0. The van der Waals surface area contributed by atoms with Gasteiger partial charge in [-0.2, -0.15) is 0 Å². The molecule has 5 heteroatoms. The summed E-state index contributed by atoms with van der Waals surface area (Å²) in [5.74, 6) is 0.329. The van der Waals surface area contributed by atoms with Crippen molar-refractivity contribution in [1.82, 2.24) is 4.90 Å². The molecule has 0 aliphatic heterocycles. The van der Waals surface area contributed by atoms with Crippen LogP contribution in [0.1, 0.15) is 13.8 Å². The second kappa shape index (κ2) is 8.63. The monoisotopic (exact) mass is 354 g/mol. The number of rotatable bonds is 7. The van der Waals surface area contributed by atoms with Crippen molar-refractivity contribution in [2.24, 2.45) is 5.16 Å². The summed E-state index contributed by atoms with van der Waals surface area (Å²) in [5, 5.41) is 5.40. The Balaban J connectivity index is 1.96. The Morgan fingerprint density at radius 2 is 1.81 bits per heavy atom. The van der Waals surface area contributed by atoms with E-state index in [-0.39, 0.29) is 5.82 Å². The van der Waals surface area contributed by atoms with Gasteiger partial charge < -0.3 is 14.2 Å². The van der Waals surface area contributed by atoms with Crippen molar-refractivity contribution in [1.29, 1.82) is 0 Å². The topological polar surface area (TPSA) is 38.0 Å². The Morgan fingerprint density at radius 1 is 1.04 bits per heavy atom. The van der Waals surface area contributed by atoms with E-state index >= 15 is 0 Å². The lowest BCUT2D eigenvalue weighted by Crippen LogP contribution is -2.26. The third-order valence-electron chi connectivity index (χ3n) is 4.32. The number of likely N-dealkylation sites (N-methyl/N-ethyl adjacent to an activating group) is 1. The lowest BCUT2D eigenvalue weighted by Gasteiger charge is -2.16. The smallest absolute Gasteiger partial charge is 0.137 e. The van der Waals surface area contributed by atoms with Crippen LogP contribution in [0.2, 0.25) is 0 Å². The van der Waals surface area contributed by atoms with Crippen LogP contribution in [0.3, 0.4) is 0 Å². The molecule has 136 valence electrons. The van der Waals surface area contributed by atoms with Gasteiger partial charge in [-0.15, -0.1) is 0 Å². The van der Waals surface area contributed by atoms with E-state index in [0.717, 1.165) is 25.2 Å². The Bertz CT molecular complexity index is 918. The summed E-state index contributed by atoms with van der Waals surface area (Å²) in [5.41, 5.74) is 1.50. The minimum atomic E-state index is -0.334. The molecule has 0 spiro atoms. The molecule has 4 nitrogen and oxygen atoms in total. The molecule has 0 saturated carbocycles. The van der Waals surface area contributed by atoms with Gasteiger partial charge >= 0.3 is 0 Å². The predicted molar refractivity (Wildman–Crippen MR) is 101 cm³/mol. The van der Waals surface area contributed by atoms with Gasteiger partial charge in [0.2, 0.25) is 0 Å². The van der Waals surface area contributed by atoms with Crippen molar-refractivity contribution < 1.29 is 13.6 Å². The first-order chi connectivity index (χ1) is 12.7. The van der Waals surface area contributed by atoms with Gasteiger partial charge in [0, 0.05) is 23.6 Å². The molecule has 1 aromatic heterocycles. The minimum Gasteiger partial charge on any atom is -0.456 e. The summed E-state index contributed by atoms with van der Waals surface area (Å²) in [6.45, 7) is 7.44.